The van der Waals surface area contributed by atoms with Crippen LogP contribution in [-0.2, 0) is 20.9 Å². The highest BCUT2D eigenvalue weighted by Gasteiger charge is 2.25. The Morgan fingerprint density at radius 3 is 2.60 bits per heavy atom. The molecule has 0 radical (unpaired) electrons. The Hall–Kier alpha value is -3.68. The van der Waals surface area contributed by atoms with Crippen LogP contribution in [0.5, 0.6) is 0 Å². The molecule has 0 bridgehead atoms. The van der Waals surface area contributed by atoms with Crippen molar-refractivity contribution in [1.82, 2.24) is 15.2 Å². The van der Waals surface area contributed by atoms with Gasteiger partial charge in [0.25, 0.3) is 5.91 Å². The quantitative estimate of drug-likeness (QED) is 0.466. The summed E-state index contributed by atoms with van der Waals surface area (Å²) in [6, 6.07) is 14.4. The number of unbranched alkanes of at least 4 members (excludes halogenated alkanes) is 2. The molecule has 2 heterocycles. The van der Waals surface area contributed by atoms with E-state index in [9.17, 15) is 14.4 Å². The molecule has 4 rings (SSSR count). The Bertz CT molecular complexity index is 1090. The maximum atomic E-state index is 13.1. The normalized spacial score (nSPS) is 17.2. The van der Waals surface area contributed by atoms with Gasteiger partial charge >= 0.3 is 0 Å². The van der Waals surface area contributed by atoms with E-state index in [0.29, 0.717) is 44.1 Å². The van der Waals surface area contributed by atoms with Crippen LogP contribution in [-0.4, -0.2) is 60.0 Å². The molecule has 1 fully saturated rings. The van der Waals surface area contributed by atoms with E-state index in [1.807, 2.05) is 47.4 Å². The zero-order valence-corrected chi connectivity index (χ0v) is 20.1. The fraction of sp³-hybridized carbons (Fsp3) is 0.407. The molecule has 2 aromatic carbocycles. The van der Waals surface area contributed by atoms with Crippen LogP contribution in [0.1, 0.15) is 65.7 Å². The lowest BCUT2D eigenvalue weighted by Gasteiger charge is -2.35. The van der Waals surface area contributed by atoms with Crippen molar-refractivity contribution >= 4 is 24.0 Å². The maximum absolute atomic E-state index is 13.1. The molecule has 1 N–H and O–H groups in total. The molecule has 2 aliphatic heterocycles. The van der Waals surface area contributed by atoms with Crippen LogP contribution in [0.2, 0.25) is 0 Å². The van der Waals surface area contributed by atoms with Crippen LogP contribution in [0.4, 0.5) is 0 Å². The highest BCUT2D eigenvalue weighted by Crippen LogP contribution is 2.22. The third-order valence-corrected chi connectivity index (χ3v) is 6.43. The second-order valence-corrected chi connectivity index (χ2v) is 8.87. The van der Waals surface area contributed by atoms with Crippen molar-refractivity contribution in [1.29, 1.82) is 0 Å². The van der Waals surface area contributed by atoms with Gasteiger partial charge in [-0.1, -0.05) is 50.1 Å². The zero-order valence-electron chi connectivity index (χ0n) is 20.1. The lowest BCUT2D eigenvalue weighted by Crippen LogP contribution is -2.50. The molecule has 0 aliphatic carbocycles. The number of amides is 2. The highest BCUT2D eigenvalue weighted by atomic mass is 16.5. The first-order chi connectivity index (χ1) is 17.1. The van der Waals surface area contributed by atoms with E-state index >= 15 is 0 Å². The predicted octanol–water partition coefficient (Wildman–Crippen LogP) is 3.27. The van der Waals surface area contributed by atoms with E-state index < -0.39 is 6.04 Å². The topological polar surface area (TPSA) is 91.3 Å². The third kappa shape index (κ3) is 5.88. The summed E-state index contributed by atoms with van der Waals surface area (Å²) in [5.41, 5.74) is 5.85. The molecule has 2 amide bonds. The number of aldehydes is 1. The number of hydrogen-bond acceptors (Lipinski definition) is 6. The van der Waals surface area contributed by atoms with Gasteiger partial charge in [-0.05, 0) is 35.7 Å². The molecular formula is C27H32N4O4. The summed E-state index contributed by atoms with van der Waals surface area (Å²) in [5, 5.41) is 4.22. The summed E-state index contributed by atoms with van der Waals surface area (Å²) in [7, 11) is 0. The van der Waals surface area contributed by atoms with Gasteiger partial charge in [0.05, 0.1) is 0 Å². The zero-order chi connectivity index (χ0) is 24.6. The van der Waals surface area contributed by atoms with Gasteiger partial charge in [0, 0.05) is 43.7 Å². The Morgan fingerprint density at radius 2 is 1.83 bits per heavy atom. The van der Waals surface area contributed by atoms with Gasteiger partial charge in [-0.3, -0.25) is 15.0 Å². The number of benzene rings is 2. The standard InChI is InChI=1S/C27H32N4O4/c1-2-3-4-12-25(33)30-13-15-31(16-14-30)27(34)21-9-7-8-20(17-21)19-35-26-23-11-6-5-10-22(23)24(18-32)28-29-26/h5-11,17-18,24,28H,2-4,12-16,19H2,1H3. The molecule has 1 unspecified atom stereocenters. The smallest absolute Gasteiger partial charge is 0.253 e. The maximum Gasteiger partial charge on any atom is 0.253 e. The highest BCUT2D eigenvalue weighted by molar-refractivity contribution is 5.97. The number of piperazine rings is 1. The Morgan fingerprint density at radius 1 is 1.06 bits per heavy atom. The van der Waals surface area contributed by atoms with Gasteiger partial charge in [0.1, 0.15) is 18.9 Å². The van der Waals surface area contributed by atoms with E-state index in [1.165, 1.54) is 0 Å². The molecule has 184 valence electrons. The fourth-order valence-electron chi connectivity index (χ4n) is 4.41. The van der Waals surface area contributed by atoms with Gasteiger partial charge in [-0.15, -0.1) is 5.10 Å². The largest absolute Gasteiger partial charge is 0.471 e. The molecular weight excluding hydrogens is 444 g/mol. The van der Waals surface area contributed by atoms with Gasteiger partial charge in [0.2, 0.25) is 11.8 Å². The minimum Gasteiger partial charge on any atom is -0.471 e. The molecule has 1 saturated heterocycles. The first-order valence-electron chi connectivity index (χ1n) is 12.3. The first kappa shape index (κ1) is 24.4. The molecule has 0 saturated carbocycles. The van der Waals surface area contributed by atoms with Crippen molar-refractivity contribution in [2.75, 3.05) is 26.2 Å². The molecule has 0 aromatic heterocycles. The molecule has 35 heavy (non-hydrogen) atoms. The van der Waals surface area contributed by atoms with Crippen molar-refractivity contribution in [3.8, 4) is 0 Å². The molecule has 8 nitrogen and oxygen atoms in total. The van der Waals surface area contributed by atoms with E-state index in [-0.39, 0.29) is 18.4 Å². The van der Waals surface area contributed by atoms with Crippen molar-refractivity contribution in [2.45, 2.75) is 45.3 Å². The number of nitrogens with one attached hydrogen (secondary N) is 1. The lowest BCUT2D eigenvalue weighted by atomic mass is 10.0. The van der Waals surface area contributed by atoms with Gasteiger partial charge in [0.15, 0.2) is 0 Å². The molecule has 8 heteroatoms. The lowest BCUT2D eigenvalue weighted by molar-refractivity contribution is -0.132. The molecule has 0 spiro atoms. The predicted molar refractivity (Wildman–Crippen MR) is 133 cm³/mol. The Labute approximate surface area is 205 Å². The monoisotopic (exact) mass is 476 g/mol. The van der Waals surface area contributed by atoms with Gasteiger partial charge in [-0.25, -0.2) is 0 Å². The summed E-state index contributed by atoms with van der Waals surface area (Å²) in [6.07, 6.45) is 4.49. The molecule has 2 aliphatic rings. The summed E-state index contributed by atoms with van der Waals surface area (Å²) >= 11 is 0. The minimum atomic E-state index is -0.494. The second kappa shape index (κ2) is 11.6. The molecule has 1 atom stereocenters. The Kier molecular flexibility index (Phi) is 8.13. The van der Waals surface area contributed by atoms with E-state index in [1.54, 1.807) is 11.0 Å². The van der Waals surface area contributed by atoms with Crippen molar-refractivity contribution in [2.24, 2.45) is 5.10 Å². The Balaban J connectivity index is 1.33. The number of fused-ring (bicyclic) bond motifs is 1. The number of ether oxygens (including phenoxy) is 1. The average molecular weight is 477 g/mol. The summed E-state index contributed by atoms with van der Waals surface area (Å²) in [6.45, 7) is 4.59. The number of hydrogen-bond donors (Lipinski definition) is 1. The third-order valence-electron chi connectivity index (χ3n) is 6.43. The van der Waals surface area contributed by atoms with Crippen LogP contribution in [0.25, 0.3) is 0 Å². The summed E-state index contributed by atoms with van der Waals surface area (Å²) in [4.78, 5) is 40.4. The van der Waals surface area contributed by atoms with Crippen LogP contribution in [0, 0.1) is 0 Å². The van der Waals surface area contributed by atoms with Gasteiger partial charge in [-0.2, -0.15) is 0 Å². The van der Waals surface area contributed by atoms with Crippen molar-refractivity contribution in [3.05, 3.63) is 70.8 Å². The minimum absolute atomic E-state index is 0.0409. The van der Waals surface area contributed by atoms with E-state index in [2.05, 4.69) is 17.5 Å². The van der Waals surface area contributed by atoms with Crippen LogP contribution < -0.4 is 5.43 Å². The van der Waals surface area contributed by atoms with Crippen LogP contribution in [0.15, 0.2) is 53.6 Å². The van der Waals surface area contributed by atoms with Crippen LogP contribution in [0.3, 0.4) is 0 Å². The second-order valence-electron chi connectivity index (χ2n) is 8.87. The summed E-state index contributed by atoms with van der Waals surface area (Å²) in [5.74, 6) is 0.557. The van der Waals surface area contributed by atoms with E-state index in [0.717, 1.165) is 42.2 Å². The molecule has 2 aromatic rings. The van der Waals surface area contributed by atoms with Gasteiger partial charge < -0.3 is 19.3 Å². The van der Waals surface area contributed by atoms with Crippen molar-refractivity contribution in [3.63, 3.8) is 0 Å². The van der Waals surface area contributed by atoms with E-state index in [4.69, 9.17) is 4.74 Å². The van der Waals surface area contributed by atoms with Crippen molar-refractivity contribution < 1.29 is 19.1 Å². The number of carbonyl (C=O) groups is 3. The fourth-order valence-corrected chi connectivity index (χ4v) is 4.41. The SMILES string of the molecule is CCCCCC(=O)N1CCN(C(=O)c2cccc(COC3=NNC(C=O)c4ccccc43)c2)CC1. The number of rotatable bonds is 8. The van der Waals surface area contributed by atoms with Crippen LogP contribution >= 0.6 is 0 Å². The number of nitrogens with zero attached hydrogens (tertiary/aromatic N) is 3. The number of carbonyl (C=O) groups excluding carboxylic acids is 3. The average Bonchev–Trinajstić information content (AvgIpc) is 2.91. The summed E-state index contributed by atoms with van der Waals surface area (Å²) < 4.78 is 5.95. The number of hydrazone groups is 1. The first-order valence-corrected chi connectivity index (χ1v) is 12.3.